The van der Waals surface area contributed by atoms with Crippen LogP contribution in [-0.4, -0.2) is 22.9 Å². The summed E-state index contributed by atoms with van der Waals surface area (Å²) in [6.07, 6.45) is 2.18. The summed E-state index contributed by atoms with van der Waals surface area (Å²) in [5.74, 6) is 1.22. The number of carbonyl (C=O) groups is 1. The average molecular weight is 283 g/mol. The van der Waals surface area contributed by atoms with Crippen molar-refractivity contribution in [3.63, 3.8) is 0 Å². The zero-order valence-electron chi connectivity index (χ0n) is 12.4. The lowest BCUT2D eigenvalue weighted by Gasteiger charge is -2.16. The first-order valence-corrected chi connectivity index (χ1v) is 7.26. The zero-order chi connectivity index (χ0) is 14.9. The standard InChI is InChI=1S/C16H17N3O2/c1-16(2)10-6-9-11(7-12(10)19(3)15(16)21)17-13(8-4-5-8)18-14(9)20/h6-8H,4-5H2,1-3H3,(H,17,18,20). The number of aromatic amines is 1. The highest BCUT2D eigenvalue weighted by atomic mass is 16.2. The van der Waals surface area contributed by atoms with E-state index in [0.29, 0.717) is 16.8 Å². The molecule has 4 rings (SSSR count). The van der Waals surface area contributed by atoms with Gasteiger partial charge in [0.2, 0.25) is 5.91 Å². The van der Waals surface area contributed by atoms with Gasteiger partial charge >= 0.3 is 0 Å². The van der Waals surface area contributed by atoms with Crippen LogP contribution in [-0.2, 0) is 10.2 Å². The molecular formula is C16H17N3O2. The number of hydrogen-bond donors (Lipinski definition) is 1. The molecule has 1 fully saturated rings. The van der Waals surface area contributed by atoms with Gasteiger partial charge in [-0.15, -0.1) is 0 Å². The van der Waals surface area contributed by atoms with Gasteiger partial charge in [-0.1, -0.05) is 0 Å². The number of anilines is 1. The van der Waals surface area contributed by atoms with Crippen LogP contribution in [0.4, 0.5) is 5.69 Å². The maximum atomic E-state index is 12.4. The van der Waals surface area contributed by atoms with Crippen molar-refractivity contribution in [1.82, 2.24) is 9.97 Å². The summed E-state index contributed by atoms with van der Waals surface area (Å²) in [4.78, 5) is 33.8. The molecule has 5 nitrogen and oxygen atoms in total. The average Bonchev–Trinajstić information content (AvgIpc) is 3.26. The Morgan fingerprint density at radius 3 is 2.67 bits per heavy atom. The molecule has 1 aromatic heterocycles. The second-order valence-corrected chi connectivity index (χ2v) is 6.60. The van der Waals surface area contributed by atoms with Gasteiger partial charge in [-0.2, -0.15) is 0 Å². The fourth-order valence-corrected chi connectivity index (χ4v) is 3.17. The van der Waals surface area contributed by atoms with Crippen molar-refractivity contribution in [2.24, 2.45) is 0 Å². The number of fused-ring (bicyclic) bond motifs is 2. The molecule has 0 atom stereocenters. The number of aromatic nitrogens is 2. The third-order valence-corrected chi connectivity index (χ3v) is 4.68. The molecule has 5 heteroatoms. The summed E-state index contributed by atoms with van der Waals surface area (Å²) < 4.78 is 0. The number of carbonyl (C=O) groups excluding carboxylic acids is 1. The Labute approximate surface area is 122 Å². The molecule has 0 spiro atoms. The number of likely N-dealkylation sites (N-methyl/N-ethyl adjacent to an activating group) is 1. The van der Waals surface area contributed by atoms with Crippen LogP contribution in [0.2, 0.25) is 0 Å². The SMILES string of the molecule is CN1C(=O)C(C)(C)c2cc3c(=O)[nH]c(C4CC4)nc3cc21. The van der Waals surface area contributed by atoms with Gasteiger partial charge in [0.25, 0.3) is 5.56 Å². The number of rotatable bonds is 1. The van der Waals surface area contributed by atoms with Gasteiger partial charge < -0.3 is 9.88 Å². The highest BCUT2D eigenvalue weighted by Gasteiger charge is 2.42. The monoisotopic (exact) mass is 283 g/mol. The lowest BCUT2D eigenvalue weighted by atomic mass is 9.85. The fraction of sp³-hybridized carbons (Fsp3) is 0.438. The van der Waals surface area contributed by atoms with Crippen molar-refractivity contribution in [2.45, 2.75) is 38.0 Å². The van der Waals surface area contributed by atoms with Crippen molar-refractivity contribution >= 4 is 22.5 Å². The van der Waals surface area contributed by atoms with Crippen LogP contribution in [0.5, 0.6) is 0 Å². The smallest absolute Gasteiger partial charge is 0.258 e. The summed E-state index contributed by atoms with van der Waals surface area (Å²) in [6.45, 7) is 3.79. The minimum absolute atomic E-state index is 0.0478. The van der Waals surface area contributed by atoms with E-state index in [2.05, 4.69) is 9.97 Å². The van der Waals surface area contributed by atoms with E-state index in [4.69, 9.17) is 0 Å². The lowest BCUT2D eigenvalue weighted by Crippen LogP contribution is -2.33. The number of nitrogens with zero attached hydrogens (tertiary/aromatic N) is 2. The number of benzene rings is 1. The first kappa shape index (κ1) is 12.6. The molecule has 1 aliphatic heterocycles. The first-order chi connectivity index (χ1) is 9.89. The van der Waals surface area contributed by atoms with Gasteiger partial charge in [0.05, 0.1) is 16.3 Å². The van der Waals surface area contributed by atoms with E-state index in [1.165, 1.54) is 0 Å². The third kappa shape index (κ3) is 1.60. The summed E-state index contributed by atoms with van der Waals surface area (Å²) in [6, 6.07) is 3.70. The molecule has 2 heterocycles. The first-order valence-electron chi connectivity index (χ1n) is 7.26. The largest absolute Gasteiger partial charge is 0.314 e. The van der Waals surface area contributed by atoms with Crippen LogP contribution in [0.1, 0.15) is 44.0 Å². The van der Waals surface area contributed by atoms with Gasteiger partial charge in [0.15, 0.2) is 0 Å². The summed E-state index contributed by atoms with van der Waals surface area (Å²) in [5, 5.41) is 0.564. The molecule has 21 heavy (non-hydrogen) atoms. The Kier molecular flexibility index (Phi) is 2.23. The molecule has 1 aliphatic carbocycles. The molecule has 0 bridgehead atoms. The Bertz CT molecular complexity index is 846. The van der Waals surface area contributed by atoms with Crippen LogP contribution >= 0.6 is 0 Å². The van der Waals surface area contributed by atoms with Gasteiger partial charge in [0.1, 0.15) is 5.82 Å². The molecule has 2 aliphatic rings. The molecule has 0 unspecified atom stereocenters. The van der Waals surface area contributed by atoms with Gasteiger partial charge in [0, 0.05) is 18.7 Å². The van der Waals surface area contributed by atoms with Gasteiger partial charge in [-0.25, -0.2) is 4.98 Å². The number of hydrogen-bond acceptors (Lipinski definition) is 3. The maximum Gasteiger partial charge on any atom is 0.258 e. The molecule has 2 aromatic rings. The Morgan fingerprint density at radius 1 is 1.29 bits per heavy atom. The molecule has 0 radical (unpaired) electrons. The lowest BCUT2D eigenvalue weighted by molar-refractivity contribution is -0.121. The van der Waals surface area contributed by atoms with E-state index in [1.54, 1.807) is 11.9 Å². The molecule has 1 N–H and O–H groups in total. The molecule has 108 valence electrons. The minimum atomic E-state index is -0.597. The van der Waals surface area contributed by atoms with Crippen molar-refractivity contribution in [1.29, 1.82) is 0 Å². The van der Waals surface area contributed by atoms with Crippen LogP contribution in [0.15, 0.2) is 16.9 Å². The molecule has 1 amide bonds. The Balaban J connectivity index is 2.03. The van der Waals surface area contributed by atoms with Crippen molar-refractivity contribution < 1.29 is 4.79 Å². The maximum absolute atomic E-state index is 12.4. The normalized spacial score (nSPS) is 20.1. The minimum Gasteiger partial charge on any atom is -0.314 e. The van der Waals surface area contributed by atoms with E-state index in [0.717, 1.165) is 29.9 Å². The number of nitrogens with one attached hydrogen (secondary N) is 1. The van der Waals surface area contributed by atoms with Crippen LogP contribution < -0.4 is 10.5 Å². The topological polar surface area (TPSA) is 66.1 Å². The molecule has 1 aromatic carbocycles. The highest BCUT2D eigenvalue weighted by molar-refractivity contribution is 6.09. The van der Waals surface area contributed by atoms with Crippen molar-refractivity contribution in [2.75, 3.05) is 11.9 Å². The predicted octanol–water partition coefficient (Wildman–Crippen LogP) is 2.05. The zero-order valence-corrected chi connectivity index (χ0v) is 12.4. The summed E-state index contributed by atoms with van der Waals surface area (Å²) >= 11 is 0. The van der Waals surface area contributed by atoms with Crippen LogP contribution in [0.25, 0.3) is 10.9 Å². The Morgan fingerprint density at radius 2 is 2.00 bits per heavy atom. The van der Waals surface area contributed by atoms with E-state index in [9.17, 15) is 9.59 Å². The molecule has 1 saturated carbocycles. The second-order valence-electron chi connectivity index (χ2n) is 6.60. The quantitative estimate of drug-likeness (QED) is 0.871. The van der Waals surface area contributed by atoms with E-state index in [-0.39, 0.29) is 11.5 Å². The third-order valence-electron chi connectivity index (χ3n) is 4.68. The van der Waals surface area contributed by atoms with Crippen LogP contribution in [0.3, 0.4) is 0 Å². The predicted molar refractivity (Wildman–Crippen MR) is 80.8 cm³/mol. The van der Waals surface area contributed by atoms with Crippen LogP contribution in [0, 0.1) is 0 Å². The highest BCUT2D eigenvalue weighted by Crippen LogP contribution is 2.42. The van der Waals surface area contributed by atoms with E-state index in [1.807, 2.05) is 26.0 Å². The number of amides is 1. The summed E-state index contributed by atoms with van der Waals surface area (Å²) in [7, 11) is 1.77. The van der Waals surface area contributed by atoms with Crippen molar-refractivity contribution in [3.05, 3.63) is 33.9 Å². The fourth-order valence-electron chi connectivity index (χ4n) is 3.17. The number of H-pyrrole nitrogens is 1. The molecule has 0 saturated heterocycles. The second kappa shape index (κ2) is 3.72. The Hall–Kier alpha value is -2.17. The van der Waals surface area contributed by atoms with E-state index < -0.39 is 5.41 Å². The molecular weight excluding hydrogens is 266 g/mol. The summed E-state index contributed by atoms with van der Waals surface area (Å²) in [5.41, 5.74) is 1.73. The van der Waals surface area contributed by atoms with E-state index >= 15 is 0 Å². The van der Waals surface area contributed by atoms with Gasteiger partial charge in [-0.3, -0.25) is 9.59 Å². The van der Waals surface area contributed by atoms with Crippen molar-refractivity contribution in [3.8, 4) is 0 Å². The van der Waals surface area contributed by atoms with Gasteiger partial charge in [-0.05, 0) is 44.4 Å².